The fraction of sp³-hybridized carbons (Fsp3) is 1.00. The molecule has 0 aliphatic carbocycles. The molecule has 0 fully saturated rings. The number of hydrogen-bond acceptors (Lipinski definition) is 3. The Bertz CT molecular complexity index is 255. The Morgan fingerprint density at radius 2 is 1.48 bits per heavy atom. The van der Waals surface area contributed by atoms with Crippen molar-refractivity contribution >= 4 is 0 Å². The highest BCUT2D eigenvalue weighted by atomic mass is 19.4. The first-order valence-corrected chi connectivity index (χ1v) is 9.82. The minimum atomic E-state index is -4.32. The Balaban J connectivity index is 0. The lowest BCUT2D eigenvalue weighted by atomic mass is 9.92. The maximum absolute atomic E-state index is 13.1. The SMILES string of the molecule is CC.CCCC(CCC)CC(OCCOCCCCCO)C(F)(F)F. The van der Waals surface area contributed by atoms with Crippen LogP contribution in [0.2, 0.25) is 0 Å². The van der Waals surface area contributed by atoms with Gasteiger partial charge in [0.2, 0.25) is 0 Å². The molecule has 0 aromatic rings. The smallest absolute Gasteiger partial charge is 0.396 e. The minimum absolute atomic E-state index is 0.0326. The number of halogens is 3. The molecule has 1 unspecified atom stereocenters. The fourth-order valence-corrected chi connectivity index (χ4v) is 2.64. The molecule has 154 valence electrons. The predicted molar refractivity (Wildman–Crippen MR) is 96.8 cm³/mol. The van der Waals surface area contributed by atoms with Gasteiger partial charge in [-0.2, -0.15) is 13.2 Å². The van der Waals surface area contributed by atoms with Gasteiger partial charge in [-0.25, -0.2) is 0 Å². The maximum atomic E-state index is 13.1. The molecule has 1 N–H and O–H groups in total. The summed E-state index contributed by atoms with van der Waals surface area (Å²) in [6.45, 7) is 8.79. The average molecular weight is 373 g/mol. The van der Waals surface area contributed by atoms with Crippen molar-refractivity contribution in [1.29, 1.82) is 0 Å². The molecule has 0 spiro atoms. The summed E-state index contributed by atoms with van der Waals surface area (Å²) in [7, 11) is 0. The van der Waals surface area contributed by atoms with Gasteiger partial charge in [0.05, 0.1) is 13.2 Å². The Labute approximate surface area is 152 Å². The molecule has 0 bridgehead atoms. The first kappa shape index (κ1) is 26.9. The van der Waals surface area contributed by atoms with Crippen molar-refractivity contribution in [2.24, 2.45) is 5.92 Å². The van der Waals surface area contributed by atoms with Gasteiger partial charge >= 0.3 is 6.18 Å². The number of unbranched alkanes of at least 4 members (excludes halogenated alkanes) is 2. The summed E-state index contributed by atoms with van der Waals surface area (Å²) >= 11 is 0. The first-order chi connectivity index (χ1) is 12.0. The monoisotopic (exact) mass is 372 g/mol. The highest BCUT2D eigenvalue weighted by Crippen LogP contribution is 2.31. The molecule has 0 aliphatic heterocycles. The highest BCUT2D eigenvalue weighted by Gasteiger charge is 2.41. The first-order valence-electron chi connectivity index (χ1n) is 9.82. The Morgan fingerprint density at radius 3 is 1.96 bits per heavy atom. The number of hydrogen-bond donors (Lipinski definition) is 1. The van der Waals surface area contributed by atoms with Crippen LogP contribution in [0.25, 0.3) is 0 Å². The molecule has 0 rings (SSSR count). The average Bonchev–Trinajstić information content (AvgIpc) is 2.57. The topological polar surface area (TPSA) is 38.7 Å². The standard InChI is InChI=1S/C17H33F3O3.C2H6/c1-3-8-15(9-4-2)14-16(17(18,19)20)23-13-12-22-11-7-5-6-10-21;1-2/h15-16,21H,3-14H2,1-2H3;1-2H3. The van der Waals surface area contributed by atoms with Crippen molar-refractivity contribution in [1.82, 2.24) is 0 Å². The number of aliphatic hydroxyl groups is 1. The van der Waals surface area contributed by atoms with E-state index in [4.69, 9.17) is 14.6 Å². The maximum Gasteiger partial charge on any atom is 0.414 e. The van der Waals surface area contributed by atoms with Crippen LogP contribution in [0.5, 0.6) is 0 Å². The summed E-state index contributed by atoms with van der Waals surface area (Å²) in [6, 6.07) is 0. The van der Waals surface area contributed by atoms with Crippen molar-refractivity contribution < 1.29 is 27.8 Å². The van der Waals surface area contributed by atoms with Crippen LogP contribution in [0.4, 0.5) is 13.2 Å². The zero-order chi connectivity index (χ0) is 19.6. The molecule has 0 aliphatic rings. The molecule has 0 saturated carbocycles. The summed E-state index contributed by atoms with van der Waals surface area (Å²) in [5.74, 6) is 0.0658. The van der Waals surface area contributed by atoms with Crippen LogP contribution in [0.1, 0.15) is 79.1 Å². The molecule has 25 heavy (non-hydrogen) atoms. The number of ether oxygens (including phenoxy) is 2. The predicted octanol–water partition coefficient (Wildman–Crippen LogP) is 5.75. The Kier molecular flexibility index (Phi) is 19.9. The third-order valence-electron chi connectivity index (χ3n) is 3.80. The van der Waals surface area contributed by atoms with E-state index in [0.717, 1.165) is 44.9 Å². The summed E-state index contributed by atoms with van der Waals surface area (Å²) in [6.07, 6.45) is -0.163. The fourth-order valence-electron chi connectivity index (χ4n) is 2.64. The second-order valence-corrected chi connectivity index (χ2v) is 5.98. The van der Waals surface area contributed by atoms with Crippen LogP contribution in [0.15, 0.2) is 0 Å². The van der Waals surface area contributed by atoms with E-state index in [1.54, 1.807) is 0 Å². The number of alkyl halides is 3. The van der Waals surface area contributed by atoms with Crippen LogP contribution in [-0.4, -0.2) is 43.8 Å². The molecule has 0 heterocycles. The molecule has 0 aromatic heterocycles. The molecule has 6 heteroatoms. The van der Waals surface area contributed by atoms with Crippen molar-refractivity contribution in [3.8, 4) is 0 Å². The van der Waals surface area contributed by atoms with E-state index in [1.165, 1.54) is 0 Å². The van der Waals surface area contributed by atoms with Gasteiger partial charge in [0.15, 0.2) is 6.10 Å². The van der Waals surface area contributed by atoms with Crippen LogP contribution < -0.4 is 0 Å². The van der Waals surface area contributed by atoms with Crippen molar-refractivity contribution in [3.63, 3.8) is 0 Å². The van der Waals surface area contributed by atoms with Crippen LogP contribution in [0, 0.1) is 5.92 Å². The molecule has 0 radical (unpaired) electrons. The third-order valence-corrected chi connectivity index (χ3v) is 3.80. The molecule has 3 nitrogen and oxygen atoms in total. The van der Waals surface area contributed by atoms with Crippen LogP contribution >= 0.6 is 0 Å². The highest BCUT2D eigenvalue weighted by molar-refractivity contribution is 4.73. The molecular formula is C19H39F3O3. The number of aliphatic hydroxyl groups excluding tert-OH is 1. The van der Waals surface area contributed by atoms with Gasteiger partial charge in [0, 0.05) is 13.2 Å². The van der Waals surface area contributed by atoms with Crippen molar-refractivity contribution in [2.45, 2.75) is 91.3 Å². The third kappa shape index (κ3) is 16.9. The number of rotatable bonds is 15. The van der Waals surface area contributed by atoms with E-state index in [2.05, 4.69) is 0 Å². The lowest BCUT2D eigenvalue weighted by molar-refractivity contribution is -0.228. The van der Waals surface area contributed by atoms with Crippen LogP contribution in [-0.2, 0) is 9.47 Å². The lowest BCUT2D eigenvalue weighted by Crippen LogP contribution is -2.34. The van der Waals surface area contributed by atoms with E-state index < -0.39 is 12.3 Å². The van der Waals surface area contributed by atoms with E-state index in [0.29, 0.717) is 6.61 Å². The van der Waals surface area contributed by atoms with Gasteiger partial charge < -0.3 is 14.6 Å². The van der Waals surface area contributed by atoms with E-state index in [9.17, 15) is 13.2 Å². The molecular weight excluding hydrogens is 333 g/mol. The van der Waals surface area contributed by atoms with E-state index in [-0.39, 0.29) is 32.2 Å². The minimum Gasteiger partial charge on any atom is -0.396 e. The second kappa shape index (κ2) is 18.5. The summed E-state index contributed by atoms with van der Waals surface area (Å²) in [5.41, 5.74) is 0. The van der Waals surface area contributed by atoms with Gasteiger partial charge in [0.25, 0.3) is 0 Å². The zero-order valence-electron chi connectivity index (χ0n) is 16.5. The molecule has 0 aromatic carbocycles. The van der Waals surface area contributed by atoms with Gasteiger partial charge in [-0.05, 0) is 31.6 Å². The lowest BCUT2D eigenvalue weighted by Gasteiger charge is -2.25. The summed E-state index contributed by atoms with van der Waals surface area (Å²) < 4.78 is 49.6. The molecule has 0 amide bonds. The normalized spacial score (nSPS) is 12.8. The zero-order valence-corrected chi connectivity index (χ0v) is 16.5. The van der Waals surface area contributed by atoms with Gasteiger partial charge in [-0.1, -0.05) is 53.4 Å². The quantitative estimate of drug-likeness (QED) is 0.372. The molecule has 0 saturated heterocycles. The van der Waals surface area contributed by atoms with Gasteiger partial charge in [-0.15, -0.1) is 0 Å². The van der Waals surface area contributed by atoms with Crippen molar-refractivity contribution in [2.75, 3.05) is 26.4 Å². The Morgan fingerprint density at radius 1 is 0.880 bits per heavy atom. The second-order valence-electron chi connectivity index (χ2n) is 5.98. The van der Waals surface area contributed by atoms with E-state index in [1.807, 2.05) is 27.7 Å². The van der Waals surface area contributed by atoms with E-state index >= 15 is 0 Å². The largest absolute Gasteiger partial charge is 0.414 e. The van der Waals surface area contributed by atoms with Crippen molar-refractivity contribution in [3.05, 3.63) is 0 Å². The Hall–Kier alpha value is -0.330. The van der Waals surface area contributed by atoms with Gasteiger partial charge in [0.1, 0.15) is 0 Å². The van der Waals surface area contributed by atoms with Gasteiger partial charge in [-0.3, -0.25) is 0 Å². The summed E-state index contributed by atoms with van der Waals surface area (Å²) in [5, 5.41) is 8.63. The summed E-state index contributed by atoms with van der Waals surface area (Å²) in [4.78, 5) is 0. The molecule has 1 atom stereocenters. The van der Waals surface area contributed by atoms with Crippen LogP contribution in [0.3, 0.4) is 0 Å².